The molecule has 0 saturated carbocycles. The Balaban J connectivity index is 2.41. The Labute approximate surface area is 118 Å². The molecule has 1 amide bonds. The van der Waals surface area contributed by atoms with Gasteiger partial charge in [0.1, 0.15) is 0 Å². The number of esters is 2. The lowest BCUT2D eigenvalue weighted by Gasteiger charge is -2.18. The van der Waals surface area contributed by atoms with Gasteiger partial charge >= 0.3 is 11.9 Å². The quantitative estimate of drug-likeness (QED) is 0.647. The standard InChI is InChI=1S/C14H8ClNO4/c1-6(17)16-10-5-9-11-7(12(10)15)3-2-4-8(11)13(18)20-14(9)19/h2-5H,1H3,(H,16,17). The summed E-state index contributed by atoms with van der Waals surface area (Å²) in [6.07, 6.45) is 0. The highest BCUT2D eigenvalue weighted by Gasteiger charge is 2.29. The lowest BCUT2D eigenvalue weighted by Crippen LogP contribution is -2.20. The van der Waals surface area contributed by atoms with E-state index in [-0.39, 0.29) is 22.1 Å². The molecule has 100 valence electrons. The minimum absolute atomic E-state index is 0.211. The number of cyclic esters (lactones) is 2. The van der Waals surface area contributed by atoms with E-state index in [0.29, 0.717) is 16.5 Å². The van der Waals surface area contributed by atoms with Crippen LogP contribution in [-0.4, -0.2) is 17.8 Å². The van der Waals surface area contributed by atoms with E-state index in [4.69, 9.17) is 11.6 Å². The van der Waals surface area contributed by atoms with Gasteiger partial charge < -0.3 is 10.1 Å². The molecule has 3 rings (SSSR count). The van der Waals surface area contributed by atoms with E-state index < -0.39 is 11.9 Å². The minimum atomic E-state index is -0.748. The molecule has 1 aliphatic heterocycles. The second-order valence-corrected chi connectivity index (χ2v) is 4.75. The van der Waals surface area contributed by atoms with Crippen LogP contribution in [0.3, 0.4) is 0 Å². The van der Waals surface area contributed by atoms with Crippen molar-refractivity contribution in [2.24, 2.45) is 0 Å². The first kappa shape index (κ1) is 12.6. The lowest BCUT2D eigenvalue weighted by atomic mass is 9.96. The monoisotopic (exact) mass is 289 g/mol. The number of anilines is 1. The van der Waals surface area contributed by atoms with Crippen LogP contribution in [-0.2, 0) is 9.53 Å². The van der Waals surface area contributed by atoms with E-state index in [1.165, 1.54) is 13.0 Å². The molecular weight excluding hydrogens is 282 g/mol. The summed E-state index contributed by atoms with van der Waals surface area (Å²) >= 11 is 6.23. The number of ether oxygens (including phenoxy) is 1. The second-order valence-electron chi connectivity index (χ2n) is 4.37. The molecular formula is C14H8ClNO4. The maximum absolute atomic E-state index is 11.8. The van der Waals surface area contributed by atoms with Gasteiger partial charge in [0, 0.05) is 17.7 Å². The molecule has 0 radical (unpaired) electrons. The molecule has 2 aromatic rings. The average molecular weight is 290 g/mol. The van der Waals surface area contributed by atoms with Crippen molar-refractivity contribution in [3.8, 4) is 0 Å². The number of carbonyl (C=O) groups is 3. The first-order valence-corrected chi connectivity index (χ1v) is 6.16. The van der Waals surface area contributed by atoms with Gasteiger partial charge in [-0.15, -0.1) is 0 Å². The Bertz CT molecular complexity index is 797. The van der Waals surface area contributed by atoms with E-state index in [9.17, 15) is 14.4 Å². The van der Waals surface area contributed by atoms with E-state index in [1.54, 1.807) is 18.2 Å². The number of benzene rings is 2. The lowest BCUT2D eigenvalue weighted by molar-refractivity contribution is -0.114. The second kappa shape index (κ2) is 4.31. The van der Waals surface area contributed by atoms with Crippen LogP contribution in [0.1, 0.15) is 27.6 Å². The zero-order chi connectivity index (χ0) is 14.4. The third-order valence-electron chi connectivity index (χ3n) is 3.03. The molecule has 0 fully saturated rings. The highest BCUT2D eigenvalue weighted by molar-refractivity contribution is 6.40. The summed E-state index contributed by atoms with van der Waals surface area (Å²) in [6.45, 7) is 1.34. The van der Waals surface area contributed by atoms with Crippen molar-refractivity contribution in [3.63, 3.8) is 0 Å². The number of rotatable bonds is 1. The molecule has 0 spiro atoms. The van der Waals surface area contributed by atoms with Gasteiger partial charge in [-0.1, -0.05) is 23.7 Å². The summed E-state index contributed by atoms with van der Waals surface area (Å²) in [7, 11) is 0. The molecule has 20 heavy (non-hydrogen) atoms. The van der Waals surface area contributed by atoms with Crippen LogP contribution in [0.2, 0.25) is 5.02 Å². The molecule has 1 heterocycles. The van der Waals surface area contributed by atoms with Gasteiger partial charge in [0.15, 0.2) is 0 Å². The van der Waals surface area contributed by atoms with Crippen LogP contribution >= 0.6 is 11.6 Å². The summed E-state index contributed by atoms with van der Waals surface area (Å²) in [5.74, 6) is -1.76. The topological polar surface area (TPSA) is 72.5 Å². The number of nitrogens with one attached hydrogen (secondary N) is 1. The Morgan fingerprint density at radius 3 is 2.60 bits per heavy atom. The number of amides is 1. The number of carbonyl (C=O) groups excluding carboxylic acids is 3. The molecule has 2 aromatic carbocycles. The molecule has 1 aliphatic rings. The van der Waals surface area contributed by atoms with Crippen LogP contribution in [0, 0.1) is 0 Å². The predicted molar refractivity (Wildman–Crippen MR) is 73.0 cm³/mol. The Kier molecular flexibility index (Phi) is 2.72. The summed E-state index contributed by atoms with van der Waals surface area (Å²) in [5, 5.41) is 3.81. The summed E-state index contributed by atoms with van der Waals surface area (Å²) < 4.78 is 4.67. The van der Waals surface area contributed by atoms with Gasteiger partial charge in [-0.2, -0.15) is 0 Å². The van der Waals surface area contributed by atoms with Crippen molar-refractivity contribution in [1.82, 2.24) is 0 Å². The van der Waals surface area contributed by atoms with Gasteiger partial charge in [0.2, 0.25) is 5.91 Å². The largest absolute Gasteiger partial charge is 0.386 e. The maximum atomic E-state index is 11.8. The first-order valence-electron chi connectivity index (χ1n) is 5.78. The van der Waals surface area contributed by atoms with Gasteiger partial charge in [-0.3, -0.25) is 4.79 Å². The van der Waals surface area contributed by atoms with Crippen molar-refractivity contribution in [2.75, 3.05) is 5.32 Å². The maximum Gasteiger partial charge on any atom is 0.346 e. The van der Waals surface area contributed by atoms with Gasteiger partial charge in [-0.05, 0) is 12.1 Å². The SMILES string of the molecule is CC(=O)Nc1cc2c3c(cccc3c1Cl)C(=O)OC2=O. The zero-order valence-electron chi connectivity index (χ0n) is 10.3. The zero-order valence-corrected chi connectivity index (χ0v) is 11.1. The fraction of sp³-hybridized carbons (Fsp3) is 0.0714. The van der Waals surface area contributed by atoms with Crippen molar-refractivity contribution >= 4 is 45.9 Å². The fourth-order valence-electron chi connectivity index (χ4n) is 2.26. The third kappa shape index (κ3) is 1.75. The van der Waals surface area contributed by atoms with Crippen LogP contribution in [0.4, 0.5) is 5.69 Å². The third-order valence-corrected chi connectivity index (χ3v) is 3.44. The van der Waals surface area contributed by atoms with Crippen LogP contribution < -0.4 is 5.32 Å². The molecule has 0 atom stereocenters. The molecule has 0 unspecified atom stereocenters. The van der Waals surface area contributed by atoms with Crippen molar-refractivity contribution in [3.05, 3.63) is 40.4 Å². The van der Waals surface area contributed by atoms with Gasteiger partial charge in [0.25, 0.3) is 0 Å². The molecule has 0 saturated heterocycles. The summed E-state index contributed by atoms with van der Waals surface area (Å²) in [4.78, 5) is 34.7. The molecule has 6 heteroatoms. The van der Waals surface area contributed by atoms with E-state index in [0.717, 1.165) is 0 Å². The number of hydrogen-bond donors (Lipinski definition) is 1. The molecule has 0 aliphatic carbocycles. The molecule has 5 nitrogen and oxygen atoms in total. The molecule has 0 bridgehead atoms. The Morgan fingerprint density at radius 2 is 1.90 bits per heavy atom. The summed E-state index contributed by atoms with van der Waals surface area (Å²) in [6, 6.07) is 6.31. The minimum Gasteiger partial charge on any atom is -0.386 e. The molecule has 0 aromatic heterocycles. The average Bonchev–Trinajstić information content (AvgIpc) is 2.39. The van der Waals surface area contributed by atoms with Crippen molar-refractivity contribution < 1.29 is 19.1 Å². The summed E-state index contributed by atoms with van der Waals surface area (Å²) in [5.41, 5.74) is 0.807. The van der Waals surface area contributed by atoms with Crippen LogP contribution in [0.5, 0.6) is 0 Å². The highest BCUT2D eigenvalue weighted by Crippen LogP contribution is 2.38. The smallest absolute Gasteiger partial charge is 0.346 e. The van der Waals surface area contributed by atoms with E-state index in [1.807, 2.05) is 0 Å². The van der Waals surface area contributed by atoms with E-state index in [2.05, 4.69) is 10.1 Å². The fourth-order valence-corrected chi connectivity index (χ4v) is 2.52. The molecule has 1 N–H and O–H groups in total. The Hall–Kier alpha value is -2.40. The van der Waals surface area contributed by atoms with Gasteiger partial charge in [0.05, 0.1) is 21.8 Å². The van der Waals surface area contributed by atoms with Gasteiger partial charge in [-0.25, -0.2) is 9.59 Å². The first-order chi connectivity index (χ1) is 9.49. The van der Waals surface area contributed by atoms with Crippen molar-refractivity contribution in [2.45, 2.75) is 6.92 Å². The number of halogens is 1. The highest BCUT2D eigenvalue weighted by atomic mass is 35.5. The van der Waals surface area contributed by atoms with Crippen molar-refractivity contribution in [1.29, 1.82) is 0 Å². The normalized spacial score (nSPS) is 13.3. The predicted octanol–water partition coefficient (Wildman–Crippen LogP) is 2.76. The Morgan fingerprint density at radius 1 is 1.20 bits per heavy atom. The number of hydrogen-bond acceptors (Lipinski definition) is 4. The van der Waals surface area contributed by atoms with E-state index >= 15 is 0 Å². The van der Waals surface area contributed by atoms with Crippen LogP contribution in [0.15, 0.2) is 24.3 Å². The van der Waals surface area contributed by atoms with Crippen LogP contribution in [0.25, 0.3) is 10.8 Å².